The van der Waals surface area contributed by atoms with Crippen molar-refractivity contribution in [3.05, 3.63) is 60.7 Å². The molecule has 0 amide bonds. The molecule has 5 heteroatoms. The molecule has 1 heterocycles. The van der Waals surface area contributed by atoms with E-state index < -0.39 is 8.32 Å². The number of methoxy groups -OCH3 is 1. The van der Waals surface area contributed by atoms with Crippen molar-refractivity contribution in [3.8, 4) is 6.07 Å². The molecule has 1 saturated heterocycles. The molecule has 29 heavy (non-hydrogen) atoms. The second kappa shape index (κ2) is 9.23. The van der Waals surface area contributed by atoms with Gasteiger partial charge in [-0.3, -0.25) is 0 Å². The molecule has 0 radical (unpaired) electrons. The number of hydrogen-bond donors (Lipinski definition) is 0. The summed E-state index contributed by atoms with van der Waals surface area (Å²) in [7, 11) is -0.974. The summed E-state index contributed by atoms with van der Waals surface area (Å²) in [4.78, 5) is 0. The number of nitrogens with zero attached hydrogens (tertiary/aromatic N) is 1. The van der Waals surface area contributed by atoms with E-state index >= 15 is 0 Å². The molecule has 3 atom stereocenters. The van der Waals surface area contributed by atoms with Crippen molar-refractivity contribution in [2.24, 2.45) is 0 Å². The van der Waals surface area contributed by atoms with Crippen LogP contribution >= 0.6 is 0 Å². The van der Waals surface area contributed by atoms with Gasteiger partial charge < -0.3 is 13.9 Å². The summed E-state index contributed by atoms with van der Waals surface area (Å²) >= 11 is 0. The van der Waals surface area contributed by atoms with Crippen LogP contribution in [0.5, 0.6) is 0 Å². The molecule has 0 saturated carbocycles. The summed E-state index contributed by atoms with van der Waals surface area (Å²) < 4.78 is 18.6. The highest BCUT2D eigenvalue weighted by Crippen LogP contribution is 2.39. The fourth-order valence-corrected chi connectivity index (χ4v) is 9.06. The first-order valence-corrected chi connectivity index (χ1v) is 12.2. The van der Waals surface area contributed by atoms with Crippen molar-refractivity contribution in [2.75, 3.05) is 7.11 Å². The van der Waals surface area contributed by atoms with Gasteiger partial charge in [-0.1, -0.05) is 81.4 Å². The first-order chi connectivity index (χ1) is 13.9. The Kier molecular flexibility index (Phi) is 6.92. The zero-order valence-electron chi connectivity index (χ0n) is 17.8. The van der Waals surface area contributed by atoms with Gasteiger partial charge in [-0.15, -0.1) is 0 Å². The fraction of sp³-hybridized carbons (Fsp3) is 0.458. The highest BCUT2D eigenvalue weighted by atomic mass is 28.4. The van der Waals surface area contributed by atoms with Gasteiger partial charge in [0.05, 0.1) is 24.7 Å². The molecule has 0 N–H and O–H groups in total. The van der Waals surface area contributed by atoms with Crippen LogP contribution < -0.4 is 10.4 Å². The van der Waals surface area contributed by atoms with E-state index in [1.807, 2.05) is 0 Å². The zero-order valence-corrected chi connectivity index (χ0v) is 18.8. The van der Waals surface area contributed by atoms with E-state index in [1.54, 1.807) is 7.11 Å². The molecule has 3 rings (SSSR count). The van der Waals surface area contributed by atoms with E-state index in [4.69, 9.17) is 13.9 Å². The maximum Gasteiger partial charge on any atom is 0.261 e. The molecule has 0 aromatic heterocycles. The lowest BCUT2D eigenvalue weighted by Gasteiger charge is -2.47. The minimum Gasteiger partial charge on any atom is -0.404 e. The topological polar surface area (TPSA) is 51.5 Å². The third-order valence-corrected chi connectivity index (χ3v) is 10.8. The van der Waals surface area contributed by atoms with Crippen LogP contribution in [0.3, 0.4) is 0 Å². The molecule has 0 bridgehead atoms. The Balaban J connectivity index is 2.07. The van der Waals surface area contributed by atoms with Crippen LogP contribution in [0.15, 0.2) is 60.7 Å². The summed E-state index contributed by atoms with van der Waals surface area (Å²) in [6.07, 6.45) is 1.19. The van der Waals surface area contributed by atoms with Crippen LogP contribution in [0.1, 0.15) is 40.0 Å². The predicted octanol–water partition coefficient (Wildman–Crippen LogP) is 4.00. The number of benzene rings is 2. The molecule has 1 aliphatic rings. The quantitative estimate of drug-likeness (QED) is 0.677. The van der Waals surface area contributed by atoms with Gasteiger partial charge >= 0.3 is 0 Å². The second-order valence-corrected chi connectivity index (χ2v) is 12.9. The van der Waals surface area contributed by atoms with Crippen molar-refractivity contribution < 1.29 is 13.9 Å². The van der Waals surface area contributed by atoms with Gasteiger partial charge in [0.2, 0.25) is 0 Å². The van der Waals surface area contributed by atoms with E-state index in [0.29, 0.717) is 19.3 Å². The molecule has 0 aliphatic carbocycles. The van der Waals surface area contributed by atoms with E-state index in [1.165, 1.54) is 10.4 Å². The predicted molar refractivity (Wildman–Crippen MR) is 118 cm³/mol. The molecule has 154 valence electrons. The molecule has 2 aromatic carbocycles. The smallest absolute Gasteiger partial charge is 0.261 e. The van der Waals surface area contributed by atoms with Gasteiger partial charge in [-0.25, -0.2) is 0 Å². The summed E-state index contributed by atoms with van der Waals surface area (Å²) in [5, 5.41) is 11.6. The van der Waals surface area contributed by atoms with Crippen LogP contribution in [-0.4, -0.2) is 33.9 Å². The van der Waals surface area contributed by atoms with Gasteiger partial charge in [-0.05, 0) is 21.8 Å². The number of rotatable bonds is 6. The minimum atomic E-state index is -2.63. The van der Waals surface area contributed by atoms with E-state index in [9.17, 15) is 5.26 Å². The Bertz CT molecular complexity index is 774. The van der Waals surface area contributed by atoms with E-state index in [-0.39, 0.29) is 23.5 Å². The van der Waals surface area contributed by atoms with Gasteiger partial charge in [0.1, 0.15) is 0 Å². The molecule has 1 fully saturated rings. The normalized spacial score (nSPS) is 22.8. The third kappa shape index (κ3) is 4.62. The lowest BCUT2D eigenvalue weighted by molar-refractivity contribution is -0.199. The lowest BCUT2D eigenvalue weighted by Crippen LogP contribution is -2.68. The van der Waals surface area contributed by atoms with Crippen molar-refractivity contribution >= 4 is 18.7 Å². The molecular formula is C24H31NO3Si. The Morgan fingerprint density at radius 1 is 1.00 bits per heavy atom. The monoisotopic (exact) mass is 409 g/mol. The summed E-state index contributed by atoms with van der Waals surface area (Å²) in [6.45, 7) is 6.83. The largest absolute Gasteiger partial charge is 0.404 e. The fourth-order valence-electron chi connectivity index (χ4n) is 4.35. The Labute approximate surface area is 175 Å². The van der Waals surface area contributed by atoms with Crippen molar-refractivity contribution in [1.82, 2.24) is 0 Å². The van der Waals surface area contributed by atoms with Crippen LogP contribution in [0.2, 0.25) is 5.04 Å². The van der Waals surface area contributed by atoms with Gasteiger partial charge in [0.25, 0.3) is 8.32 Å². The Morgan fingerprint density at radius 3 is 2.00 bits per heavy atom. The SMILES string of the molecule is CO[C@@H]1C[C@H](O[Si](c2ccccc2)(c2ccccc2)C(C)(C)C)C[C@@H](CC#N)O1. The average molecular weight is 410 g/mol. The third-order valence-electron chi connectivity index (χ3n) is 5.67. The molecule has 1 aliphatic heterocycles. The lowest BCUT2D eigenvalue weighted by atomic mass is 10.0. The van der Waals surface area contributed by atoms with E-state index in [0.717, 1.165) is 0 Å². The highest BCUT2D eigenvalue weighted by Gasteiger charge is 2.52. The zero-order chi connectivity index (χ0) is 20.9. The van der Waals surface area contributed by atoms with Crippen LogP contribution in [0.4, 0.5) is 0 Å². The van der Waals surface area contributed by atoms with Crippen LogP contribution in [0, 0.1) is 11.3 Å². The summed E-state index contributed by atoms with van der Waals surface area (Å²) in [5.74, 6) is 0. The molecule has 0 spiro atoms. The van der Waals surface area contributed by atoms with Crippen LogP contribution in [-0.2, 0) is 13.9 Å². The molecule has 0 unspecified atom stereocenters. The Hall–Kier alpha value is -1.97. The van der Waals surface area contributed by atoms with Gasteiger partial charge in [0, 0.05) is 13.5 Å². The summed E-state index contributed by atoms with van der Waals surface area (Å²) in [6, 6.07) is 23.5. The van der Waals surface area contributed by atoms with Crippen molar-refractivity contribution in [1.29, 1.82) is 5.26 Å². The first-order valence-electron chi connectivity index (χ1n) is 10.2. The Morgan fingerprint density at radius 2 is 1.55 bits per heavy atom. The van der Waals surface area contributed by atoms with Gasteiger partial charge in [-0.2, -0.15) is 5.26 Å². The first kappa shape index (κ1) is 21.7. The second-order valence-electron chi connectivity index (χ2n) is 8.66. The molecule has 2 aromatic rings. The maximum atomic E-state index is 9.18. The van der Waals surface area contributed by atoms with Crippen LogP contribution in [0.25, 0.3) is 0 Å². The average Bonchev–Trinajstić information content (AvgIpc) is 2.72. The van der Waals surface area contributed by atoms with Gasteiger partial charge in [0.15, 0.2) is 6.29 Å². The number of ether oxygens (including phenoxy) is 2. The summed E-state index contributed by atoms with van der Waals surface area (Å²) in [5.41, 5.74) is 0. The maximum absolute atomic E-state index is 9.18. The number of hydrogen-bond acceptors (Lipinski definition) is 4. The van der Waals surface area contributed by atoms with Crippen molar-refractivity contribution in [2.45, 2.75) is 63.6 Å². The standard InChI is InChI=1S/C24H31NO3Si/c1-24(2,3)29(21-11-7-5-8-12-21,22-13-9-6-10-14-22)28-20-17-19(15-16-25)27-23(18-20)26-4/h5-14,19-20,23H,15,17-18H2,1-4H3/t19-,20-,23+/m1/s1. The number of nitriles is 1. The highest BCUT2D eigenvalue weighted by molar-refractivity contribution is 6.99. The molecular weight excluding hydrogens is 378 g/mol. The minimum absolute atomic E-state index is 0.0293. The van der Waals surface area contributed by atoms with E-state index in [2.05, 4.69) is 87.5 Å². The van der Waals surface area contributed by atoms with Crippen molar-refractivity contribution in [3.63, 3.8) is 0 Å². The molecule has 4 nitrogen and oxygen atoms in total.